The molecule has 0 bridgehead atoms. The van der Waals surface area contributed by atoms with Crippen LogP contribution < -0.4 is 5.32 Å². The standard InChI is InChI=1S/C21H26N2O3S/c1-15(2)19(24)23-10-11-26-21(14-23,20(25)22-3)13-16-6-8-17(9-7-16)18-5-4-12-27-18/h4-9,12,15H,10-11,13-14H2,1-3H3,(H,22,25)/t21-/m1/s1. The maximum atomic E-state index is 12.7. The van der Waals surface area contributed by atoms with Crippen molar-refractivity contribution in [3.63, 3.8) is 0 Å². The van der Waals surface area contributed by atoms with Gasteiger partial charge in [-0.05, 0) is 22.6 Å². The molecule has 27 heavy (non-hydrogen) atoms. The van der Waals surface area contributed by atoms with E-state index in [1.807, 2.05) is 32.0 Å². The fourth-order valence-electron chi connectivity index (χ4n) is 3.45. The molecular formula is C21H26N2O3S. The number of hydrogen-bond donors (Lipinski definition) is 1. The highest BCUT2D eigenvalue weighted by molar-refractivity contribution is 7.13. The lowest BCUT2D eigenvalue weighted by Gasteiger charge is -2.42. The predicted octanol–water partition coefficient (Wildman–Crippen LogP) is 2.96. The van der Waals surface area contributed by atoms with E-state index in [4.69, 9.17) is 4.74 Å². The van der Waals surface area contributed by atoms with E-state index < -0.39 is 5.60 Å². The number of carbonyl (C=O) groups is 2. The normalized spacial score (nSPS) is 19.9. The summed E-state index contributed by atoms with van der Waals surface area (Å²) in [5.74, 6) is -0.235. The molecule has 5 nitrogen and oxygen atoms in total. The van der Waals surface area contributed by atoms with Gasteiger partial charge in [0.15, 0.2) is 5.60 Å². The molecular weight excluding hydrogens is 360 g/mol. The maximum absolute atomic E-state index is 12.7. The molecule has 1 aliphatic rings. The first-order valence-corrected chi connectivity index (χ1v) is 10.1. The van der Waals surface area contributed by atoms with Crippen molar-refractivity contribution in [2.75, 3.05) is 26.7 Å². The zero-order chi connectivity index (χ0) is 19.4. The molecule has 1 saturated heterocycles. The van der Waals surface area contributed by atoms with Crippen molar-refractivity contribution >= 4 is 23.2 Å². The summed E-state index contributed by atoms with van der Waals surface area (Å²) in [5, 5.41) is 4.77. The van der Waals surface area contributed by atoms with Crippen molar-refractivity contribution in [1.29, 1.82) is 0 Å². The summed E-state index contributed by atoms with van der Waals surface area (Å²) in [5.41, 5.74) is 1.11. The minimum absolute atomic E-state index is 0.0552. The van der Waals surface area contributed by atoms with E-state index in [1.165, 1.54) is 4.88 Å². The molecule has 1 aromatic heterocycles. The van der Waals surface area contributed by atoms with Gasteiger partial charge in [-0.3, -0.25) is 9.59 Å². The Labute approximate surface area is 164 Å². The van der Waals surface area contributed by atoms with Crippen LogP contribution in [0, 0.1) is 5.92 Å². The van der Waals surface area contributed by atoms with Crippen molar-refractivity contribution in [2.24, 2.45) is 5.92 Å². The third kappa shape index (κ3) is 4.22. The number of morpholine rings is 1. The summed E-state index contributed by atoms with van der Waals surface area (Å²) in [6, 6.07) is 12.3. The number of hydrogen-bond acceptors (Lipinski definition) is 4. The van der Waals surface area contributed by atoms with Gasteiger partial charge in [0, 0.05) is 30.8 Å². The Morgan fingerprint density at radius 1 is 1.26 bits per heavy atom. The Morgan fingerprint density at radius 3 is 2.59 bits per heavy atom. The van der Waals surface area contributed by atoms with E-state index in [1.54, 1.807) is 23.3 Å². The van der Waals surface area contributed by atoms with Crippen LogP contribution in [-0.4, -0.2) is 49.1 Å². The summed E-state index contributed by atoms with van der Waals surface area (Å²) in [4.78, 5) is 28.1. The zero-order valence-corrected chi connectivity index (χ0v) is 16.8. The van der Waals surface area contributed by atoms with E-state index in [9.17, 15) is 9.59 Å². The largest absolute Gasteiger partial charge is 0.361 e. The van der Waals surface area contributed by atoms with E-state index in [0.29, 0.717) is 19.6 Å². The second kappa shape index (κ2) is 8.23. The quantitative estimate of drug-likeness (QED) is 0.860. The first-order chi connectivity index (χ1) is 12.9. The van der Waals surface area contributed by atoms with Crippen LogP contribution >= 0.6 is 11.3 Å². The molecule has 1 aromatic carbocycles. The van der Waals surface area contributed by atoms with Crippen molar-refractivity contribution in [3.8, 4) is 10.4 Å². The van der Waals surface area contributed by atoms with E-state index in [0.717, 1.165) is 11.1 Å². The second-order valence-corrected chi connectivity index (χ2v) is 8.14. The van der Waals surface area contributed by atoms with Crippen molar-refractivity contribution in [1.82, 2.24) is 10.2 Å². The van der Waals surface area contributed by atoms with E-state index in [-0.39, 0.29) is 24.3 Å². The average Bonchev–Trinajstić information content (AvgIpc) is 3.22. The number of carbonyl (C=O) groups excluding carboxylic acids is 2. The fraction of sp³-hybridized carbons (Fsp3) is 0.429. The molecule has 0 aliphatic carbocycles. The van der Waals surface area contributed by atoms with Crippen LogP contribution in [0.3, 0.4) is 0 Å². The molecule has 6 heteroatoms. The molecule has 2 aromatic rings. The van der Waals surface area contributed by atoms with Gasteiger partial charge >= 0.3 is 0 Å². The first kappa shape index (κ1) is 19.6. The van der Waals surface area contributed by atoms with Gasteiger partial charge in [-0.1, -0.05) is 44.2 Å². The van der Waals surface area contributed by atoms with Crippen LogP contribution in [-0.2, 0) is 20.7 Å². The topological polar surface area (TPSA) is 58.6 Å². The fourth-order valence-corrected chi connectivity index (χ4v) is 4.18. The number of rotatable bonds is 5. The van der Waals surface area contributed by atoms with Crippen LogP contribution in [0.4, 0.5) is 0 Å². The van der Waals surface area contributed by atoms with Gasteiger partial charge in [0.2, 0.25) is 5.91 Å². The summed E-state index contributed by atoms with van der Waals surface area (Å²) in [7, 11) is 1.61. The molecule has 0 unspecified atom stereocenters. The molecule has 1 fully saturated rings. The van der Waals surface area contributed by atoms with Gasteiger partial charge < -0.3 is 15.0 Å². The van der Waals surface area contributed by atoms with Gasteiger partial charge in [0.05, 0.1) is 13.2 Å². The number of ether oxygens (including phenoxy) is 1. The number of nitrogens with zero attached hydrogens (tertiary/aromatic N) is 1. The van der Waals surface area contributed by atoms with Crippen LogP contribution in [0.15, 0.2) is 41.8 Å². The summed E-state index contributed by atoms with van der Waals surface area (Å²) >= 11 is 1.70. The maximum Gasteiger partial charge on any atom is 0.254 e. The molecule has 2 heterocycles. The third-order valence-corrected chi connectivity index (χ3v) is 5.80. The molecule has 0 spiro atoms. The summed E-state index contributed by atoms with van der Waals surface area (Å²) in [6.07, 6.45) is 0.430. The molecule has 1 N–H and O–H groups in total. The average molecular weight is 387 g/mol. The van der Waals surface area contributed by atoms with Gasteiger partial charge in [-0.2, -0.15) is 0 Å². The first-order valence-electron chi connectivity index (χ1n) is 9.23. The Hall–Kier alpha value is -2.18. The Balaban J connectivity index is 1.82. The Bertz CT molecular complexity index is 786. The molecule has 1 atom stereocenters. The predicted molar refractivity (Wildman–Crippen MR) is 108 cm³/mol. The molecule has 2 amide bonds. The third-order valence-electron chi connectivity index (χ3n) is 4.88. The second-order valence-electron chi connectivity index (χ2n) is 7.19. The zero-order valence-electron chi connectivity index (χ0n) is 16.0. The minimum Gasteiger partial charge on any atom is -0.361 e. The number of likely N-dealkylation sites (N-methyl/N-ethyl adjacent to an activating group) is 1. The van der Waals surface area contributed by atoms with Crippen molar-refractivity contribution in [2.45, 2.75) is 25.9 Å². The Morgan fingerprint density at radius 2 is 2.00 bits per heavy atom. The number of amides is 2. The monoisotopic (exact) mass is 386 g/mol. The molecule has 144 valence electrons. The SMILES string of the molecule is CNC(=O)[C@@]1(Cc2ccc(-c3cccs3)cc2)CN(C(=O)C(C)C)CCO1. The van der Waals surface area contributed by atoms with Crippen LogP contribution in [0.1, 0.15) is 19.4 Å². The highest BCUT2D eigenvalue weighted by atomic mass is 32.1. The van der Waals surface area contributed by atoms with Gasteiger partial charge in [-0.25, -0.2) is 0 Å². The van der Waals surface area contributed by atoms with E-state index >= 15 is 0 Å². The number of nitrogens with one attached hydrogen (secondary N) is 1. The highest BCUT2D eigenvalue weighted by Gasteiger charge is 2.44. The van der Waals surface area contributed by atoms with Gasteiger partial charge in [0.1, 0.15) is 0 Å². The van der Waals surface area contributed by atoms with Gasteiger partial charge in [-0.15, -0.1) is 11.3 Å². The van der Waals surface area contributed by atoms with E-state index in [2.05, 4.69) is 28.9 Å². The molecule has 0 saturated carbocycles. The lowest BCUT2D eigenvalue weighted by Crippen LogP contribution is -2.62. The van der Waals surface area contributed by atoms with Crippen LogP contribution in [0.5, 0.6) is 0 Å². The smallest absolute Gasteiger partial charge is 0.254 e. The molecule has 0 radical (unpaired) electrons. The Kier molecular flexibility index (Phi) is 5.97. The van der Waals surface area contributed by atoms with Crippen LogP contribution in [0.2, 0.25) is 0 Å². The van der Waals surface area contributed by atoms with Crippen LogP contribution in [0.25, 0.3) is 10.4 Å². The number of benzene rings is 1. The molecule has 1 aliphatic heterocycles. The van der Waals surface area contributed by atoms with Crippen molar-refractivity contribution < 1.29 is 14.3 Å². The highest BCUT2D eigenvalue weighted by Crippen LogP contribution is 2.28. The summed E-state index contributed by atoms with van der Waals surface area (Å²) in [6.45, 7) is 4.91. The molecule has 3 rings (SSSR count). The summed E-state index contributed by atoms with van der Waals surface area (Å²) < 4.78 is 5.98. The van der Waals surface area contributed by atoms with Crippen molar-refractivity contribution in [3.05, 3.63) is 47.3 Å². The minimum atomic E-state index is -1.05. The lowest BCUT2D eigenvalue weighted by atomic mass is 9.90. The number of thiophene rings is 1. The van der Waals surface area contributed by atoms with Gasteiger partial charge in [0.25, 0.3) is 5.91 Å². The lowest BCUT2D eigenvalue weighted by molar-refractivity contribution is -0.167.